The smallest absolute Gasteiger partial charge is 0.125 e. The van der Waals surface area contributed by atoms with Gasteiger partial charge in [0.25, 0.3) is 0 Å². The second-order valence-electron chi connectivity index (χ2n) is 2.54. The maximum atomic E-state index is 5.50. The molecule has 0 aliphatic carbocycles. The summed E-state index contributed by atoms with van der Waals surface area (Å²) >= 11 is 0. The largest absolute Gasteiger partial charge is 0.384 e. The van der Waals surface area contributed by atoms with E-state index in [1.165, 1.54) is 0 Å². The molecule has 2 heterocycles. The summed E-state index contributed by atoms with van der Waals surface area (Å²) in [4.78, 5) is 8.28. The molecular formula is C8H9N3. The second kappa shape index (κ2) is 2.34. The van der Waals surface area contributed by atoms with Crippen LogP contribution in [0, 0.1) is 0 Å². The zero-order chi connectivity index (χ0) is 7.68. The van der Waals surface area contributed by atoms with Crippen LogP contribution in [-0.4, -0.2) is 11.5 Å². The zero-order valence-electron chi connectivity index (χ0n) is 6.12. The first kappa shape index (κ1) is 6.34. The van der Waals surface area contributed by atoms with Gasteiger partial charge in [-0.2, -0.15) is 0 Å². The molecule has 2 rings (SSSR count). The molecule has 0 radical (unpaired) electrons. The van der Waals surface area contributed by atoms with E-state index in [1.54, 1.807) is 6.20 Å². The van der Waals surface area contributed by atoms with Crippen LogP contribution in [0.3, 0.4) is 0 Å². The van der Waals surface area contributed by atoms with Crippen molar-refractivity contribution in [2.45, 2.75) is 6.42 Å². The molecule has 1 aromatic heterocycles. The highest BCUT2D eigenvalue weighted by Crippen LogP contribution is 1.88. The average Bonchev–Trinajstić information content (AvgIpc) is 2.04. The third kappa shape index (κ3) is 1.09. The van der Waals surface area contributed by atoms with Crippen molar-refractivity contribution >= 4 is 11.9 Å². The van der Waals surface area contributed by atoms with Gasteiger partial charge >= 0.3 is 0 Å². The van der Waals surface area contributed by atoms with Gasteiger partial charge in [-0.15, -0.1) is 0 Å². The van der Waals surface area contributed by atoms with Gasteiger partial charge in [-0.25, -0.2) is 4.98 Å². The molecule has 0 aromatic carbocycles. The third-order valence-corrected chi connectivity index (χ3v) is 1.71. The van der Waals surface area contributed by atoms with E-state index in [-0.39, 0.29) is 0 Å². The lowest BCUT2D eigenvalue weighted by atomic mass is 10.2. The molecule has 0 amide bonds. The minimum atomic E-state index is 0.544. The Morgan fingerprint density at radius 2 is 2.36 bits per heavy atom. The van der Waals surface area contributed by atoms with Crippen LogP contribution in [-0.2, 0) is 0 Å². The van der Waals surface area contributed by atoms with E-state index in [1.807, 2.05) is 6.07 Å². The van der Waals surface area contributed by atoms with Gasteiger partial charge in [0, 0.05) is 24.0 Å². The molecule has 1 aromatic rings. The molecule has 1 aliphatic rings. The third-order valence-electron chi connectivity index (χ3n) is 1.71. The maximum Gasteiger partial charge on any atom is 0.125 e. The van der Waals surface area contributed by atoms with Crippen LogP contribution in [0.4, 0.5) is 5.82 Å². The van der Waals surface area contributed by atoms with E-state index in [0.29, 0.717) is 5.82 Å². The first-order valence-electron chi connectivity index (χ1n) is 3.62. The summed E-state index contributed by atoms with van der Waals surface area (Å²) in [5.41, 5.74) is 5.50. The molecule has 0 saturated heterocycles. The normalized spacial score (nSPS) is 14.5. The first-order chi connectivity index (χ1) is 5.36. The second-order valence-corrected chi connectivity index (χ2v) is 2.54. The summed E-state index contributed by atoms with van der Waals surface area (Å²) in [6.07, 6.45) is 4.92. The highest BCUT2D eigenvalue weighted by Gasteiger charge is 1.94. The molecule has 0 spiro atoms. The molecular weight excluding hydrogens is 138 g/mol. The van der Waals surface area contributed by atoms with Crippen LogP contribution >= 0.6 is 0 Å². The van der Waals surface area contributed by atoms with Gasteiger partial charge in [0.05, 0.1) is 5.36 Å². The molecule has 56 valence electrons. The van der Waals surface area contributed by atoms with E-state index in [0.717, 1.165) is 23.5 Å². The zero-order valence-corrected chi connectivity index (χ0v) is 6.12. The van der Waals surface area contributed by atoms with Gasteiger partial charge < -0.3 is 5.73 Å². The van der Waals surface area contributed by atoms with Crippen molar-refractivity contribution in [1.82, 2.24) is 4.98 Å². The predicted octanol–water partition coefficient (Wildman–Crippen LogP) is -0.532. The number of nitrogens with two attached hydrogens (primary N) is 1. The maximum absolute atomic E-state index is 5.50. The molecule has 0 saturated carbocycles. The van der Waals surface area contributed by atoms with Crippen LogP contribution in [0.2, 0.25) is 0 Å². The van der Waals surface area contributed by atoms with Crippen molar-refractivity contribution in [3.8, 4) is 0 Å². The lowest BCUT2D eigenvalue weighted by molar-refractivity contribution is 0.954. The summed E-state index contributed by atoms with van der Waals surface area (Å²) < 4.78 is 0. The van der Waals surface area contributed by atoms with Crippen LogP contribution in [0.25, 0.3) is 6.08 Å². The number of pyridine rings is 1. The van der Waals surface area contributed by atoms with Crippen LogP contribution in [0.1, 0.15) is 6.42 Å². The van der Waals surface area contributed by atoms with Crippen LogP contribution < -0.4 is 16.3 Å². The molecule has 3 nitrogen and oxygen atoms in total. The van der Waals surface area contributed by atoms with Gasteiger partial charge in [0.1, 0.15) is 5.82 Å². The first-order valence-corrected chi connectivity index (χ1v) is 3.62. The van der Waals surface area contributed by atoms with Crippen molar-refractivity contribution in [1.29, 1.82) is 0 Å². The molecule has 11 heavy (non-hydrogen) atoms. The monoisotopic (exact) mass is 147 g/mol. The number of anilines is 1. The number of nitrogen functional groups attached to an aromatic ring is 1. The Kier molecular flexibility index (Phi) is 1.35. The summed E-state index contributed by atoms with van der Waals surface area (Å²) in [6.45, 7) is 0.871. The topological polar surface area (TPSA) is 51.3 Å². The van der Waals surface area contributed by atoms with E-state index >= 15 is 0 Å². The SMILES string of the molecule is Nc1cc2c(cn1)=CCCN=2. The molecule has 0 unspecified atom stereocenters. The average molecular weight is 147 g/mol. The van der Waals surface area contributed by atoms with Crippen molar-refractivity contribution in [3.05, 3.63) is 22.8 Å². The Hall–Kier alpha value is -1.38. The molecule has 0 fully saturated rings. The number of fused-ring (bicyclic) bond motifs is 1. The molecule has 0 atom stereocenters. The molecule has 2 N–H and O–H groups in total. The number of hydrogen-bond acceptors (Lipinski definition) is 3. The number of nitrogens with zero attached hydrogens (tertiary/aromatic N) is 2. The van der Waals surface area contributed by atoms with Crippen molar-refractivity contribution < 1.29 is 0 Å². The van der Waals surface area contributed by atoms with E-state index < -0.39 is 0 Å². The van der Waals surface area contributed by atoms with Crippen LogP contribution in [0.15, 0.2) is 17.3 Å². The number of hydrogen-bond donors (Lipinski definition) is 1. The Balaban J connectivity index is 2.80. The Morgan fingerprint density at radius 1 is 1.45 bits per heavy atom. The van der Waals surface area contributed by atoms with Crippen molar-refractivity contribution in [3.63, 3.8) is 0 Å². The fourth-order valence-corrected chi connectivity index (χ4v) is 1.17. The Labute approximate surface area is 64.3 Å². The Bertz CT molecular complexity index is 381. The predicted molar refractivity (Wildman–Crippen MR) is 43.4 cm³/mol. The fraction of sp³-hybridized carbons (Fsp3) is 0.250. The minimum absolute atomic E-state index is 0.544. The molecule has 1 aliphatic heterocycles. The summed E-state index contributed by atoms with van der Waals surface area (Å²) in [7, 11) is 0. The molecule has 3 heteroatoms. The minimum Gasteiger partial charge on any atom is -0.384 e. The summed E-state index contributed by atoms with van der Waals surface area (Å²) in [5, 5.41) is 2.08. The van der Waals surface area contributed by atoms with E-state index in [9.17, 15) is 0 Å². The van der Waals surface area contributed by atoms with E-state index in [4.69, 9.17) is 5.73 Å². The lowest BCUT2D eigenvalue weighted by Gasteiger charge is -1.98. The standard InChI is InChI=1S/C8H9N3/c9-8-4-7-6(5-11-8)2-1-3-10-7/h2,4-5H,1,3,9H2. The van der Waals surface area contributed by atoms with Gasteiger partial charge in [0.2, 0.25) is 0 Å². The van der Waals surface area contributed by atoms with Gasteiger partial charge in [-0.1, -0.05) is 6.08 Å². The molecule has 0 bridgehead atoms. The number of aromatic nitrogens is 1. The highest BCUT2D eigenvalue weighted by atomic mass is 14.8. The van der Waals surface area contributed by atoms with Gasteiger partial charge in [-0.3, -0.25) is 4.99 Å². The lowest BCUT2D eigenvalue weighted by Crippen LogP contribution is -2.29. The van der Waals surface area contributed by atoms with E-state index in [2.05, 4.69) is 16.1 Å². The summed E-state index contributed by atoms with van der Waals surface area (Å²) in [5.74, 6) is 0.544. The summed E-state index contributed by atoms with van der Waals surface area (Å²) in [6, 6.07) is 1.81. The van der Waals surface area contributed by atoms with Crippen LogP contribution in [0.5, 0.6) is 0 Å². The van der Waals surface area contributed by atoms with Crippen molar-refractivity contribution in [2.24, 2.45) is 4.99 Å². The van der Waals surface area contributed by atoms with Gasteiger partial charge in [0.15, 0.2) is 0 Å². The van der Waals surface area contributed by atoms with Gasteiger partial charge in [-0.05, 0) is 6.42 Å². The van der Waals surface area contributed by atoms with Crippen molar-refractivity contribution in [2.75, 3.05) is 12.3 Å². The number of rotatable bonds is 0. The Morgan fingerprint density at radius 3 is 3.27 bits per heavy atom. The quantitative estimate of drug-likeness (QED) is 0.536. The fourth-order valence-electron chi connectivity index (χ4n) is 1.17. The highest BCUT2D eigenvalue weighted by molar-refractivity contribution is 5.31.